The molecule has 1 aliphatic heterocycles. The molecule has 80 valence electrons. The summed E-state index contributed by atoms with van der Waals surface area (Å²) in [5.41, 5.74) is 1.23. The van der Waals surface area contributed by atoms with Crippen LogP contribution in [0.25, 0.3) is 0 Å². The number of morpholine rings is 1. The highest BCUT2D eigenvalue weighted by Gasteiger charge is 2.16. The van der Waals surface area contributed by atoms with Gasteiger partial charge in [0.1, 0.15) is 0 Å². The van der Waals surface area contributed by atoms with E-state index in [9.17, 15) is 4.79 Å². The van der Waals surface area contributed by atoms with E-state index < -0.39 is 5.97 Å². The van der Waals surface area contributed by atoms with Crippen LogP contribution in [0.15, 0.2) is 24.3 Å². The van der Waals surface area contributed by atoms with Crippen LogP contribution in [0.1, 0.15) is 22.0 Å². The molecule has 0 aromatic heterocycles. The Labute approximate surface area is 87.9 Å². The van der Waals surface area contributed by atoms with Crippen LogP contribution in [0, 0.1) is 0 Å². The van der Waals surface area contributed by atoms with E-state index in [1.54, 1.807) is 18.2 Å². The second kappa shape index (κ2) is 4.42. The minimum Gasteiger partial charge on any atom is -0.478 e. The molecule has 1 atom stereocenters. The fourth-order valence-electron chi connectivity index (χ4n) is 1.65. The van der Waals surface area contributed by atoms with Crippen LogP contribution in [0.4, 0.5) is 0 Å². The number of ether oxygens (including phenoxy) is 1. The maximum absolute atomic E-state index is 10.8. The van der Waals surface area contributed by atoms with Gasteiger partial charge in [-0.1, -0.05) is 12.1 Å². The lowest BCUT2D eigenvalue weighted by Crippen LogP contribution is -2.33. The minimum atomic E-state index is -0.902. The number of hydrogen-bond donors (Lipinski definition) is 2. The molecule has 1 aromatic carbocycles. The van der Waals surface area contributed by atoms with Crippen molar-refractivity contribution in [2.24, 2.45) is 0 Å². The zero-order chi connectivity index (χ0) is 10.7. The van der Waals surface area contributed by atoms with Crippen molar-refractivity contribution < 1.29 is 14.6 Å². The topological polar surface area (TPSA) is 58.6 Å². The van der Waals surface area contributed by atoms with Crippen LogP contribution in [-0.4, -0.2) is 30.8 Å². The highest BCUT2D eigenvalue weighted by Crippen LogP contribution is 2.19. The maximum atomic E-state index is 10.8. The quantitative estimate of drug-likeness (QED) is 0.761. The Balaban J connectivity index is 2.19. The first-order chi connectivity index (χ1) is 7.27. The fourth-order valence-corrected chi connectivity index (χ4v) is 1.65. The molecule has 2 rings (SSSR count). The molecule has 1 heterocycles. The van der Waals surface area contributed by atoms with Gasteiger partial charge in [0.15, 0.2) is 0 Å². The summed E-state index contributed by atoms with van der Waals surface area (Å²) in [4.78, 5) is 10.8. The van der Waals surface area contributed by atoms with Crippen molar-refractivity contribution in [3.63, 3.8) is 0 Å². The lowest BCUT2D eigenvalue weighted by atomic mass is 10.1. The van der Waals surface area contributed by atoms with Crippen LogP contribution >= 0.6 is 0 Å². The van der Waals surface area contributed by atoms with Crippen LogP contribution in [0.2, 0.25) is 0 Å². The summed E-state index contributed by atoms with van der Waals surface area (Å²) in [6, 6.07) is 6.89. The van der Waals surface area contributed by atoms with Crippen molar-refractivity contribution in [2.45, 2.75) is 6.10 Å². The Morgan fingerprint density at radius 2 is 2.40 bits per heavy atom. The van der Waals surface area contributed by atoms with Gasteiger partial charge < -0.3 is 15.2 Å². The number of carbonyl (C=O) groups is 1. The molecule has 4 heteroatoms. The third-order valence-electron chi connectivity index (χ3n) is 2.43. The SMILES string of the molecule is O=C(O)c1cccc(C2CNCCO2)c1. The van der Waals surface area contributed by atoms with Crippen molar-refractivity contribution in [3.05, 3.63) is 35.4 Å². The summed E-state index contributed by atoms with van der Waals surface area (Å²) in [5, 5.41) is 12.1. The Bertz CT molecular complexity index is 359. The van der Waals surface area contributed by atoms with Gasteiger partial charge in [-0.25, -0.2) is 4.79 Å². The summed E-state index contributed by atoms with van der Waals surface area (Å²) in [6.07, 6.45) is -0.0296. The molecule has 1 fully saturated rings. The summed E-state index contributed by atoms with van der Waals surface area (Å²) < 4.78 is 5.54. The van der Waals surface area contributed by atoms with E-state index in [1.165, 1.54) is 0 Å². The van der Waals surface area contributed by atoms with E-state index in [2.05, 4.69) is 5.32 Å². The lowest BCUT2D eigenvalue weighted by molar-refractivity contribution is 0.0276. The highest BCUT2D eigenvalue weighted by atomic mass is 16.5. The number of carboxylic acids is 1. The number of hydrogen-bond acceptors (Lipinski definition) is 3. The number of benzene rings is 1. The largest absolute Gasteiger partial charge is 0.478 e. The monoisotopic (exact) mass is 207 g/mol. The molecule has 0 aliphatic carbocycles. The van der Waals surface area contributed by atoms with E-state index in [1.807, 2.05) is 6.07 Å². The highest BCUT2D eigenvalue weighted by molar-refractivity contribution is 5.87. The van der Waals surface area contributed by atoms with Gasteiger partial charge in [-0.2, -0.15) is 0 Å². The molecule has 1 unspecified atom stereocenters. The molecular formula is C11H13NO3. The van der Waals surface area contributed by atoms with Gasteiger partial charge >= 0.3 is 5.97 Å². The van der Waals surface area contributed by atoms with E-state index in [0.29, 0.717) is 12.2 Å². The number of rotatable bonds is 2. The average molecular weight is 207 g/mol. The smallest absolute Gasteiger partial charge is 0.335 e. The summed E-state index contributed by atoms with van der Waals surface area (Å²) in [7, 11) is 0. The van der Waals surface area contributed by atoms with E-state index >= 15 is 0 Å². The predicted octanol–water partition coefficient (Wildman–Crippen LogP) is 1.05. The van der Waals surface area contributed by atoms with Gasteiger partial charge in [0.2, 0.25) is 0 Å². The molecule has 0 saturated carbocycles. The van der Waals surface area contributed by atoms with E-state index in [0.717, 1.165) is 18.7 Å². The van der Waals surface area contributed by atoms with E-state index in [-0.39, 0.29) is 6.10 Å². The normalized spacial score (nSPS) is 21.2. The third-order valence-corrected chi connectivity index (χ3v) is 2.43. The minimum absolute atomic E-state index is 0.0296. The second-order valence-electron chi connectivity index (χ2n) is 3.49. The molecule has 1 aromatic rings. The van der Waals surface area contributed by atoms with Crippen molar-refractivity contribution in [1.29, 1.82) is 0 Å². The molecule has 0 bridgehead atoms. The van der Waals surface area contributed by atoms with Crippen LogP contribution < -0.4 is 5.32 Å². The summed E-state index contributed by atoms with van der Waals surface area (Å²) >= 11 is 0. The van der Waals surface area contributed by atoms with Gasteiger partial charge in [-0.15, -0.1) is 0 Å². The first-order valence-corrected chi connectivity index (χ1v) is 4.93. The molecule has 0 radical (unpaired) electrons. The molecule has 0 spiro atoms. The number of carboxylic acid groups (broad SMARTS) is 1. The van der Waals surface area contributed by atoms with Gasteiger partial charge in [0, 0.05) is 13.1 Å². The second-order valence-corrected chi connectivity index (χ2v) is 3.49. The Morgan fingerprint density at radius 3 is 3.07 bits per heavy atom. The Morgan fingerprint density at radius 1 is 1.53 bits per heavy atom. The Kier molecular flexibility index (Phi) is 2.99. The van der Waals surface area contributed by atoms with E-state index in [4.69, 9.17) is 9.84 Å². The molecule has 4 nitrogen and oxygen atoms in total. The molecule has 1 aliphatic rings. The Hall–Kier alpha value is -1.39. The summed E-state index contributed by atoms with van der Waals surface area (Å²) in [5.74, 6) is -0.902. The maximum Gasteiger partial charge on any atom is 0.335 e. The van der Waals surface area contributed by atoms with Crippen LogP contribution in [0.3, 0.4) is 0 Å². The molecule has 2 N–H and O–H groups in total. The first kappa shape index (κ1) is 10.1. The first-order valence-electron chi connectivity index (χ1n) is 4.93. The van der Waals surface area contributed by atoms with Crippen LogP contribution in [0.5, 0.6) is 0 Å². The standard InChI is InChI=1S/C11H13NO3/c13-11(14)9-3-1-2-8(6-9)10-7-12-4-5-15-10/h1-3,6,10,12H,4-5,7H2,(H,13,14). The van der Waals surface area contributed by atoms with Gasteiger partial charge in [-0.3, -0.25) is 0 Å². The lowest BCUT2D eigenvalue weighted by Gasteiger charge is -2.24. The number of nitrogens with one attached hydrogen (secondary N) is 1. The predicted molar refractivity (Wildman–Crippen MR) is 55.0 cm³/mol. The van der Waals surface area contributed by atoms with Crippen molar-refractivity contribution in [3.8, 4) is 0 Å². The average Bonchev–Trinajstić information content (AvgIpc) is 2.30. The van der Waals surface area contributed by atoms with Crippen molar-refractivity contribution in [2.75, 3.05) is 19.7 Å². The number of aromatic carboxylic acids is 1. The van der Waals surface area contributed by atoms with Gasteiger partial charge in [0.05, 0.1) is 18.3 Å². The molecular weight excluding hydrogens is 194 g/mol. The van der Waals surface area contributed by atoms with Crippen molar-refractivity contribution in [1.82, 2.24) is 5.32 Å². The molecule has 0 amide bonds. The molecule has 15 heavy (non-hydrogen) atoms. The zero-order valence-corrected chi connectivity index (χ0v) is 8.27. The van der Waals surface area contributed by atoms with Gasteiger partial charge in [-0.05, 0) is 17.7 Å². The zero-order valence-electron chi connectivity index (χ0n) is 8.27. The van der Waals surface area contributed by atoms with Gasteiger partial charge in [0.25, 0.3) is 0 Å². The van der Waals surface area contributed by atoms with Crippen molar-refractivity contribution >= 4 is 5.97 Å². The van der Waals surface area contributed by atoms with Crippen LogP contribution in [-0.2, 0) is 4.74 Å². The third kappa shape index (κ3) is 2.34. The fraction of sp³-hybridized carbons (Fsp3) is 0.364. The molecule has 1 saturated heterocycles. The summed E-state index contributed by atoms with van der Waals surface area (Å²) in [6.45, 7) is 2.26.